The molecule has 18 heavy (non-hydrogen) atoms. The van der Waals surface area contributed by atoms with Gasteiger partial charge in [0.15, 0.2) is 0 Å². The van der Waals surface area contributed by atoms with Crippen LogP contribution in [0.2, 0.25) is 0 Å². The predicted octanol–water partition coefficient (Wildman–Crippen LogP) is 2.73. The van der Waals surface area contributed by atoms with Gasteiger partial charge in [-0.3, -0.25) is 4.90 Å². The maximum absolute atomic E-state index is 12.8. The lowest BCUT2D eigenvalue weighted by atomic mass is 9.99. The third kappa shape index (κ3) is 3.97. The maximum Gasteiger partial charge on any atom is 0.123 e. The third-order valence-electron chi connectivity index (χ3n) is 3.52. The van der Waals surface area contributed by atoms with Crippen molar-refractivity contribution in [1.29, 1.82) is 0 Å². The van der Waals surface area contributed by atoms with E-state index in [1.165, 1.54) is 12.1 Å². The van der Waals surface area contributed by atoms with Gasteiger partial charge in [0.1, 0.15) is 5.82 Å². The van der Waals surface area contributed by atoms with E-state index in [0.29, 0.717) is 12.1 Å². The molecule has 2 nitrogen and oxygen atoms in total. The summed E-state index contributed by atoms with van der Waals surface area (Å²) in [4.78, 5) is 3.64. The molecule has 0 aromatic heterocycles. The number of hydrogen-bond acceptors (Lipinski definition) is 3. The molecule has 4 heteroatoms. The van der Waals surface area contributed by atoms with Crippen molar-refractivity contribution in [1.82, 2.24) is 4.90 Å². The van der Waals surface area contributed by atoms with Crippen LogP contribution in [0.15, 0.2) is 29.2 Å². The molecule has 0 aliphatic carbocycles. The summed E-state index contributed by atoms with van der Waals surface area (Å²) in [6, 6.07) is 7.68. The van der Waals surface area contributed by atoms with Crippen molar-refractivity contribution in [3.8, 4) is 0 Å². The van der Waals surface area contributed by atoms with Crippen LogP contribution in [-0.4, -0.2) is 35.8 Å². The smallest absolute Gasteiger partial charge is 0.123 e. The third-order valence-corrected chi connectivity index (χ3v) is 4.51. The molecule has 1 fully saturated rings. The highest BCUT2D eigenvalue weighted by Crippen LogP contribution is 2.20. The Morgan fingerprint density at radius 1 is 1.39 bits per heavy atom. The zero-order valence-corrected chi connectivity index (χ0v) is 11.6. The second-order valence-corrected chi connectivity index (χ2v) is 6.14. The van der Waals surface area contributed by atoms with E-state index in [9.17, 15) is 4.39 Å². The van der Waals surface area contributed by atoms with E-state index in [2.05, 4.69) is 11.8 Å². The summed E-state index contributed by atoms with van der Waals surface area (Å²) in [7, 11) is 0. The van der Waals surface area contributed by atoms with Gasteiger partial charge < -0.3 is 5.73 Å². The van der Waals surface area contributed by atoms with Crippen molar-refractivity contribution in [3.63, 3.8) is 0 Å². The van der Waals surface area contributed by atoms with Crippen molar-refractivity contribution in [3.05, 3.63) is 30.1 Å². The molecule has 1 aromatic carbocycles. The molecule has 1 aliphatic rings. The SMILES string of the molecule is CC1CC(N)CCN1CCSc1ccc(F)cc1. The Morgan fingerprint density at radius 2 is 2.11 bits per heavy atom. The molecular formula is C14H21FN2S. The first-order chi connectivity index (χ1) is 8.65. The largest absolute Gasteiger partial charge is 0.328 e. The van der Waals surface area contributed by atoms with Crippen molar-refractivity contribution >= 4 is 11.8 Å². The Kier molecular flexibility index (Phi) is 5.03. The molecule has 1 aromatic rings. The minimum absolute atomic E-state index is 0.169. The first-order valence-electron chi connectivity index (χ1n) is 6.53. The van der Waals surface area contributed by atoms with Crippen LogP contribution in [0.1, 0.15) is 19.8 Å². The van der Waals surface area contributed by atoms with Crippen LogP contribution in [0.25, 0.3) is 0 Å². The van der Waals surface area contributed by atoms with E-state index < -0.39 is 0 Å². The summed E-state index contributed by atoms with van der Waals surface area (Å²) in [5, 5.41) is 0. The van der Waals surface area contributed by atoms with Gasteiger partial charge >= 0.3 is 0 Å². The van der Waals surface area contributed by atoms with E-state index >= 15 is 0 Å². The summed E-state index contributed by atoms with van der Waals surface area (Å²) in [6.07, 6.45) is 2.20. The summed E-state index contributed by atoms with van der Waals surface area (Å²) in [5.74, 6) is 0.878. The maximum atomic E-state index is 12.8. The summed E-state index contributed by atoms with van der Waals surface area (Å²) < 4.78 is 12.8. The number of nitrogens with zero attached hydrogens (tertiary/aromatic N) is 1. The molecular weight excluding hydrogens is 247 g/mol. The molecule has 1 heterocycles. The van der Waals surface area contributed by atoms with Crippen LogP contribution in [0, 0.1) is 5.82 Å². The highest BCUT2D eigenvalue weighted by atomic mass is 32.2. The monoisotopic (exact) mass is 268 g/mol. The number of hydrogen-bond donors (Lipinski definition) is 1. The first kappa shape index (κ1) is 13.8. The molecule has 0 amide bonds. The zero-order valence-electron chi connectivity index (χ0n) is 10.8. The van der Waals surface area contributed by atoms with Gasteiger partial charge in [0, 0.05) is 29.3 Å². The van der Waals surface area contributed by atoms with Gasteiger partial charge in [-0.05, 0) is 50.6 Å². The molecule has 100 valence electrons. The van der Waals surface area contributed by atoms with Crippen molar-refractivity contribution in [2.45, 2.75) is 36.7 Å². The number of halogens is 1. The Balaban J connectivity index is 1.73. The van der Waals surface area contributed by atoms with E-state index in [-0.39, 0.29) is 5.82 Å². The topological polar surface area (TPSA) is 29.3 Å². The van der Waals surface area contributed by atoms with Crippen LogP contribution in [0.3, 0.4) is 0 Å². The average molecular weight is 268 g/mol. The van der Waals surface area contributed by atoms with Gasteiger partial charge in [-0.25, -0.2) is 4.39 Å². The van der Waals surface area contributed by atoms with Crippen LogP contribution in [0.5, 0.6) is 0 Å². The van der Waals surface area contributed by atoms with Gasteiger partial charge in [-0.2, -0.15) is 0 Å². The number of thioether (sulfide) groups is 1. The van der Waals surface area contributed by atoms with Crippen LogP contribution >= 0.6 is 11.8 Å². The Morgan fingerprint density at radius 3 is 2.78 bits per heavy atom. The summed E-state index contributed by atoms with van der Waals surface area (Å²) in [5.41, 5.74) is 5.95. The van der Waals surface area contributed by atoms with Crippen LogP contribution in [-0.2, 0) is 0 Å². The number of likely N-dealkylation sites (tertiary alicyclic amines) is 1. The molecule has 2 unspecified atom stereocenters. The Bertz CT molecular complexity index is 369. The van der Waals surface area contributed by atoms with Crippen molar-refractivity contribution in [2.75, 3.05) is 18.8 Å². The predicted molar refractivity (Wildman–Crippen MR) is 75.4 cm³/mol. The molecule has 2 rings (SSSR count). The molecule has 0 radical (unpaired) electrons. The van der Waals surface area contributed by atoms with E-state index in [0.717, 1.165) is 36.6 Å². The molecule has 0 saturated carbocycles. The molecule has 1 aliphatic heterocycles. The normalized spacial score (nSPS) is 25.3. The Hall–Kier alpha value is -0.580. The van der Waals surface area contributed by atoms with Gasteiger partial charge in [0.2, 0.25) is 0 Å². The minimum Gasteiger partial charge on any atom is -0.328 e. The first-order valence-corrected chi connectivity index (χ1v) is 7.51. The fourth-order valence-electron chi connectivity index (χ4n) is 2.40. The molecule has 0 spiro atoms. The molecule has 1 saturated heterocycles. The fraction of sp³-hybridized carbons (Fsp3) is 0.571. The highest BCUT2D eigenvalue weighted by Gasteiger charge is 2.22. The Labute approximate surface area is 113 Å². The van der Waals surface area contributed by atoms with Crippen molar-refractivity contribution < 1.29 is 4.39 Å². The number of benzene rings is 1. The number of rotatable bonds is 4. The fourth-order valence-corrected chi connectivity index (χ4v) is 3.29. The average Bonchev–Trinajstić information content (AvgIpc) is 2.34. The lowest BCUT2D eigenvalue weighted by Gasteiger charge is -2.36. The number of nitrogens with two attached hydrogens (primary N) is 1. The highest BCUT2D eigenvalue weighted by molar-refractivity contribution is 7.99. The molecule has 2 atom stereocenters. The summed E-state index contributed by atoms with van der Waals surface area (Å²) >= 11 is 1.79. The minimum atomic E-state index is -0.169. The van der Waals surface area contributed by atoms with Gasteiger partial charge in [0.25, 0.3) is 0 Å². The summed E-state index contributed by atoms with van der Waals surface area (Å²) in [6.45, 7) is 4.43. The van der Waals surface area contributed by atoms with E-state index in [4.69, 9.17) is 5.73 Å². The second-order valence-electron chi connectivity index (χ2n) is 4.97. The molecule has 0 bridgehead atoms. The van der Waals surface area contributed by atoms with E-state index in [1.54, 1.807) is 11.8 Å². The van der Waals surface area contributed by atoms with Crippen molar-refractivity contribution in [2.24, 2.45) is 5.73 Å². The van der Waals surface area contributed by atoms with Gasteiger partial charge in [0.05, 0.1) is 0 Å². The number of piperidine rings is 1. The quantitative estimate of drug-likeness (QED) is 0.851. The molecule has 2 N–H and O–H groups in total. The van der Waals surface area contributed by atoms with Crippen LogP contribution < -0.4 is 5.73 Å². The van der Waals surface area contributed by atoms with Crippen LogP contribution in [0.4, 0.5) is 4.39 Å². The second kappa shape index (κ2) is 6.55. The standard InChI is InChI=1S/C14H21FN2S/c1-11-10-13(16)6-7-17(11)8-9-18-14-4-2-12(15)3-5-14/h2-5,11,13H,6-10,16H2,1H3. The van der Waals surface area contributed by atoms with Gasteiger partial charge in [-0.15, -0.1) is 11.8 Å². The lowest BCUT2D eigenvalue weighted by Crippen LogP contribution is -2.46. The van der Waals surface area contributed by atoms with E-state index in [1.807, 2.05) is 12.1 Å². The lowest BCUT2D eigenvalue weighted by molar-refractivity contribution is 0.157. The van der Waals surface area contributed by atoms with Gasteiger partial charge in [-0.1, -0.05) is 0 Å². The zero-order chi connectivity index (χ0) is 13.0.